The van der Waals surface area contributed by atoms with E-state index in [2.05, 4.69) is 18.7 Å². The Morgan fingerprint density at radius 1 is 1.38 bits per heavy atom. The molecule has 2 rings (SSSR count). The van der Waals surface area contributed by atoms with E-state index in [1.807, 2.05) is 30.3 Å². The molecule has 1 aromatic carbocycles. The highest BCUT2D eigenvalue weighted by Gasteiger charge is 2.35. The predicted molar refractivity (Wildman–Crippen MR) is 65.6 cm³/mol. The van der Waals surface area contributed by atoms with Crippen LogP contribution in [-0.2, 0) is 0 Å². The van der Waals surface area contributed by atoms with Gasteiger partial charge in [0.05, 0.1) is 6.04 Å². The van der Waals surface area contributed by atoms with Crippen LogP contribution in [-0.4, -0.2) is 29.8 Å². The van der Waals surface area contributed by atoms with E-state index in [1.54, 1.807) is 0 Å². The first kappa shape index (κ1) is 11.3. The maximum absolute atomic E-state index is 12.4. The van der Waals surface area contributed by atoms with Gasteiger partial charge in [0, 0.05) is 5.56 Å². The van der Waals surface area contributed by atoms with Crippen LogP contribution >= 0.6 is 0 Å². The summed E-state index contributed by atoms with van der Waals surface area (Å²) in [6.07, 6.45) is 1.14. The molecule has 2 unspecified atom stereocenters. The summed E-state index contributed by atoms with van der Waals surface area (Å²) in [7, 11) is 0. The fraction of sp³-hybridized carbons (Fsp3) is 0.500. The van der Waals surface area contributed by atoms with Crippen molar-refractivity contribution in [2.24, 2.45) is 5.92 Å². The highest BCUT2D eigenvalue weighted by molar-refractivity contribution is 6.00. The molecule has 2 heteroatoms. The highest BCUT2D eigenvalue weighted by Crippen LogP contribution is 2.26. The van der Waals surface area contributed by atoms with Crippen molar-refractivity contribution in [3.63, 3.8) is 0 Å². The zero-order chi connectivity index (χ0) is 11.5. The molecule has 2 nitrogen and oxygen atoms in total. The van der Waals surface area contributed by atoms with Crippen LogP contribution in [0.15, 0.2) is 30.3 Å². The fourth-order valence-electron chi connectivity index (χ4n) is 2.58. The number of likely N-dealkylation sites (N-methyl/N-ethyl adjacent to an activating group) is 1. The Bertz CT molecular complexity index is 360. The van der Waals surface area contributed by atoms with Crippen molar-refractivity contribution in [1.29, 1.82) is 0 Å². The van der Waals surface area contributed by atoms with E-state index in [4.69, 9.17) is 0 Å². The van der Waals surface area contributed by atoms with Gasteiger partial charge in [0.25, 0.3) is 0 Å². The van der Waals surface area contributed by atoms with Crippen molar-refractivity contribution < 1.29 is 4.79 Å². The molecule has 0 saturated carbocycles. The minimum Gasteiger partial charge on any atom is -0.293 e. The van der Waals surface area contributed by atoms with E-state index in [-0.39, 0.29) is 11.8 Å². The van der Waals surface area contributed by atoms with Gasteiger partial charge in [-0.25, -0.2) is 0 Å². The van der Waals surface area contributed by atoms with E-state index in [0.29, 0.717) is 5.92 Å². The van der Waals surface area contributed by atoms with Crippen LogP contribution in [0.3, 0.4) is 0 Å². The summed E-state index contributed by atoms with van der Waals surface area (Å²) in [5, 5.41) is 0. The van der Waals surface area contributed by atoms with E-state index in [0.717, 1.165) is 25.1 Å². The molecular formula is C14H19NO. The summed E-state index contributed by atoms with van der Waals surface area (Å²) in [6, 6.07) is 9.74. The monoisotopic (exact) mass is 217 g/mol. The van der Waals surface area contributed by atoms with Gasteiger partial charge in [-0.15, -0.1) is 0 Å². The Labute approximate surface area is 97.3 Å². The highest BCUT2D eigenvalue weighted by atomic mass is 16.1. The standard InChI is InChI=1S/C14H19NO/c1-3-15-10-9-11(2)13(15)14(16)12-7-5-4-6-8-12/h4-8,11,13H,3,9-10H2,1-2H3. The second-order valence-corrected chi connectivity index (χ2v) is 4.57. The van der Waals surface area contributed by atoms with Gasteiger partial charge in [0.15, 0.2) is 5.78 Å². The third kappa shape index (κ3) is 2.03. The summed E-state index contributed by atoms with van der Waals surface area (Å²) in [5.74, 6) is 0.764. The molecular weight excluding hydrogens is 198 g/mol. The lowest BCUT2D eigenvalue weighted by molar-refractivity contribution is 0.0844. The Morgan fingerprint density at radius 2 is 2.06 bits per heavy atom. The molecule has 0 amide bonds. The summed E-state index contributed by atoms with van der Waals surface area (Å²) >= 11 is 0. The van der Waals surface area contributed by atoms with Crippen molar-refractivity contribution in [1.82, 2.24) is 4.90 Å². The summed E-state index contributed by atoms with van der Waals surface area (Å²) in [4.78, 5) is 14.7. The number of ketones is 1. The molecule has 1 fully saturated rings. The van der Waals surface area contributed by atoms with Crippen molar-refractivity contribution in [3.8, 4) is 0 Å². The van der Waals surface area contributed by atoms with E-state index in [1.165, 1.54) is 0 Å². The third-order valence-electron chi connectivity index (χ3n) is 3.54. The smallest absolute Gasteiger partial charge is 0.180 e. The molecule has 0 spiro atoms. The molecule has 0 bridgehead atoms. The molecule has 1 aromatic rings. The van der Waals surface area contributed by atoms with Gasteiger partial charge >= 0.3 is 0 Å². The Morgan fingerprint density at radius 3 is 2.69 bits per heavy atom. The first-order chi connectivity index (χ1) is 7.74. The molecule has 1 aliphatic rings. The Kier molecular flexibility index (Phi) is 3.39. The molecule has 1 heterocycles. The molecule has 0 radical (unpaired) electrons. The van der Waals surface area contributed by atoms with Gasteiger partial charge in [-0.05, 0) is 25.4 Å². The van der Waals surface area contributed by atoms with Crippen LogP contribution in [0.25, 0.3) is 0 Å². The average Bonchev–Trinajstić information content (AvgIpc) is 2.70. The lowest BCUT2D eigenvalue weighted by atomic mass is 9.94. The maximum atomic E-state index is 12.4. The van der Waals surface area contributed by atoms with Crippen molar-refractivity contribution in [2.45, 2.75) is 26.3 Å². The average molecular weight is 217 g/mol. The first-order valence-corrected chi connectivity index (χ1v) is 6.07. The number of carbonyl (C=O) groups is 1. The lowest BCUT2D eigenvalue weighted by Gasteiger charge is -2.24. The topological polar surface area (TPSA) is 20.3 Å². The van der Waals surface area contributed by atoms with Crippen molar-refractivity contribution in [2.75, 3.05) is 13.1 Å². The van der Waals surface area contributed by atoms with Gasteiger partial charge < -0.3 is 0 Å². The van der Waals surface area contributed by atoms with Gasteiger partial charge in [0.2, 0.25) is 0 Å². The minimum absolute atomic E-state index is 0.0902. The van der Waals surface area contributed by atoms with Crippen LogP contribution in [0.5, 0.6) is 0 Å². The van der Waals surface area contributed by atoms with Gasteiger partial charge in [-0.2, -0.15) is 0 Å². The maximum Gasteiger partial charge on any atom is 0.180 e. The number of nitrogens with zero attached hydrogens (tertiary/aromatic N) is 1. The fourth-order valence-corrected chi connectivity index (χ4v) is 2.58. The molecule has 86 valence electrons. The number of likely N-dealkylation sites (tertiary alicyclic amines) is 1. The molecule has 16 heavy (non-hydrogen) atoms. The second kappa shape index (κ2) is 4.79. The number of hydrogen-bond donors (Lipinski definition) is 0. The zero-order valence-corrected chi connectivity index (χ0v) is 10.0. The molecule has 0 aliphatic carbocycles. The molecule has 1 saturated heterocycles. The van der Waals surface area contributed by atoms with E-state index < -0.39 is 0 Å². The summed E-state index contributed by atoms with van der Waals surface area (Å²) in [6.45, 7) is 6.33. The van der Waals surface area contributed by atoms with Crippen LogP contribution < -0.4 is 0 Å². The van der Waals surface area contributed by atoms with Crippen LogP contribution in [0.4, 0.5) is 0 Å². The Balaban J connectivity index is 2.21. The van der Waals surface area contributed by atoms with Crippen molar-refractivity contribution in [3.05, 3.63) is 35.9 Å². The Hall–Kier alpha value is -1.15. The van der Waals surface area contributed by atoms with E-state index >= 15 is 0 Å². The van der Waals surface area contributed by atoms with Crippen LogP contribution in [0, 0.1) is 5.92 Å². The second-order valence-electron chi connectivity index (χ2n) is 4.57. The molecule has 0 aromatic heterocycles. The number of carbonyl (C=O) groups excluding carboxylic acids is 1. The quantitative estimate of drug-likeness (QED) is 0.725. The number of rotatable bonds is 3. The first-order valence-electron chi connectivity index (χ1n) is 6.07. The molecule has 2 atom stereocenters. The van der Waals surface area contributed by atoms with Crippen LogP contribution in [0.2, 0.25) is 0 Å². The normalized spacial score (nSPS) is 25.9. The molecule has 0 N–H and O–H groups in total. The predicted octanol–water partition coefficient (Wildman–Crippen LogP) is 2.60. The van der Waals surface area contributed by atoms with Gasteiger partial charge in [-0.1, -0.05) is 44.2 Å². The summed E-state index contributed by atoms with van der Waals surface area (Å²) in [5.41, 5.74) is 0.847. The number of Topliss-reactive ketones (excluding diaryl/α,β-unsaturated/α-hetero) is 1. The number of benzene rings is 1. The summed E-state index contributed by atoms with van der Waals surface area (Å²) < 4.78 is 0. The van der Waals surface area contributed by atoms with E-state index in [9.17, 15) is 4.79 Å². The third-order valence-corrected chi connectivity index (χ3v) is 3.54. The van der Waals surface area contributed by atoms with Gasteiger partial charge in [-0.3, -0.25) is 9.69 Å². The zero-order valence-electron chi connectivity index (χ0n) is 10.0. The van der Waals surface area contributed by atoms with Crippen LogP contribution in [0.1, 0.15) is 30.6 Å². The van der Waals surface area contributed by atoms with Gasteiger partial charge in [0.1, 0.15) is 0 Å². The van der Waals surface area contributed by atoms with Crippen molar-refractivity contribution >= 4 is 5.78 Å². The minimum atomic E-state index is 0.0902. The number of hydrogen-bond acceptors (Lipinski definition) is 2. The SMILES string of the molecule is CCN1CCC(C)C1C(=O)c1ccccc1. The molecule has 1 aliphatic heterocycles. The largest absolute Gasteiger partial charge is 0.293 e. The lowest BCUT2D eigenvalue weighted by Crippen LogP contribution is -2.38.